The van der Waals surface area contributed by atoms with E-state index in [0.29, 0.717) is 10.6 Å². The van der Waals surface area contributed by atoms with Crippen molar-refractivity contribution < 1.29 is 23.8 Å². The van der Waals surface area contributed by atoms with Crippen LogP contribution in [0.5, 0.6) is 0 Å². The Morgan fingerprint density at radius 1 is 1.30 bits per heavy atom. The first-order chi connectivity index (χ1) is 12.4. The first-order valence-corrected chi connectivity index (χ1v) is 9.50. The molecule has 1 amide bonds. The highest BCUT2D eigenvalue weighted by atomic mass is 35.5. The third-order valence-corrected chi connectivity index (χ3v) is 5.15. The number of carbonyl (C=O) groups is 2. The number of piperidine rings is 1. The number of carboxylic acids is 1. The Balaban J connectivity index is 2.20. The second kappa shape index (κ2) is 8.23. The Bertz CT molecular complexity index is 712. The van der Waals surface area contributed by atoms with Crippen molar-refractivity contribution in [3.05, 3.63) is 33.8 Å². The van der Waals surface area contributed by atoms with Crippen LogP contribution in [0.3, 0.4) is 0 Å². The van der Waals surface area contributed by atoms with E-state index in [9.17, 15) is 14.7 Å². The number of carbonyl (C=O) groups excluding carboxylic acids is 1. The second-order valence-electron chi connectivity index (χ2n) is 7.82. The Labute approximate surface area is 168 Å². The molecule has 1 heterocycles. The van der Waals surface area contributed by atoms with Crippen molar-refractivity contribution in [2.75, 3.05) is 13.1 Å². The van der Waals surface area contributed by atoms with Crippen LogP contribution in [0.15, 0.2) is 18.2 Å². The molecule has 0 spiro atoms. The third-order valence-electron chi connectivity index (χ3n) is 4.59. The molecule has 1 atom stereocenters. The number of benzene rings is 1. The van der Waals surface area contributed by atoms with Crippen LogP contribution >= 0.6 is 23.2 Å². The van der Waals surface area contributed by atoms with E-state index in [0.717, 1.165) is 0 Å². The maximum absolute atomic E-state index is 15.8. The molecule has 1 N–H and O–H groups in total. The molecule has 1 saturated heterocycles. The van der Waals surface area contributed by atoms with Gasteiger partial charge in [-0.2, -0.15) is 0 Å². The van der Waals surface area contributed by atoms with E-state index in [1.807, 2.05) is 0 Å². The zero-order valence-corrected chi connectivity index (χ0v) is 17.1. The second-order valence-corrected chi connectivity index (χ2v) is 8.66. The minimum Gasteiger partial charge on any atom is -0.481 e. The predicted octanol–water partition coefficient (Wildman–Crippen LogP) is 5.29. The Hall–Kier alpha value is -1.53. The largest absolute Gasteiger partial charge is 0.481 e. The van der Waals surface area contributed by atoms with Gasteiger partial charge in [-0.05, 0) is 51.3 Å². The fourth-order valence-electron chi connectivity index (χ4n) is 3.27. The van der Waals surface area contributed by atoms with Gasteiger partial charge in [-0.3, -0.25) is 4.79 Å². The summed E-state index contributed by atoms with van der Waals surface area (Å²) >= 11 is 12.1. The highest BCUT2D eigenvalue weighted by Gasteiger charge is 2.45. The number of nitrogens with zero attached hydrogens (tertiary/aromatic N) is 1. The average molecular weight is 420 g/mol. The summed E-state index contributed by atoms with van der Waals surface area (Å²) in [5, 5.41) is 9.91. The van der Waals surface area contributed by atoms with Gasteiger partial charge in [-0.15, -0.1) is 0 Å². The van der Waals surface area contributed by atoms with E-state index in [-0.39, 0.29) is 31.0 Å². The van der Waals surface area contributed by atoms with E-state index < -0.39 is 35.7 Å². The Kier molecular flexibility index (Phi) is 6.63. The summed E-state index contributed by atoms with van der Waals surface area (Å²) in [5.74, 6) is -2.04. The van der Waals surface area contributed by atoms with E-state index in [2.05, 4.69) is 0 Å². The van der Waals surface area contributed by atoms with Crippen molar-refractivity contribution in [2.24, 2.45) is 0 Å². The van der Waals surface area contributed by atoms with Gasteiger partial charge in [-0.1, -0.05) is 29.3 Å². The molecule has 1 aliphatic heterocycles. The van der Waals surface area contributed by atoms with Gasteiger partial charge in [0.05, 0.1) is 6.42 Å². The molecule has 5 nitrogen and oxygen atoms in total. The maximum Gasteiger partial charge on any atom is 0.410 e. The maximum atomic E-state index is 15.8. The van der Waals surface area contributed by atoms with Crippen LogP contribution < -0.4 is 0 Å². The molecule has 0 radical (unpaired) electrons. The van der Waals surface area contributed by atoms with Gasteiger partial charge >= 0.3 is 12.1 Å². The number of carboxylic acid groups (broad SMARTS) is 1. The fraction of sp³-hybridized carbons (Fsp3) is 0.579. The number of rotatable bonds is 4. The number of hydrogen-bond donors (Lipinski definition) is 1. The summed E-state index contributed by atoms with van der Waals surface area (Å²) in [4.78, 5) is 25.0. The molecule has 150 valence electrons. The van der Waals surface area contributed by atoms with Crippen LogP contribution in [0.1, 0.15) is 51.5 Å². The first-order valence-electron chi connectivity index (χ1n) is 8.75. The van der Waals surface area contributed by atoms with E-state index >= 15 is 4.39 Å². The van der Waals surface area contributed by atoms with Crippen LogP contribution in [0, 0.1) is 0 Å². The fourth-order valence-corrected chi connectivity index (χ4v) is 3.81. The van der Waals surface area contributed by atoms with E-state index in [1.54, 1.807) is 32.9 Å². The number of likely N-dealkylation sites (tertiary alicyclic amines) is 1. The molecule has 1 aliphatic rings. The minimum atomic E-state index is -1.80. The molecule has 0 aliphatic carbocycles. The minimum absolute atomic E-state index is 0.00312. The molecule has 1 aromatic carbocycles. The Morgan fingerprint density at radius 2 is 1.89 bits per heavy atom. The number of ether oxygens (including phenoxy) is 1. The lowest BCUT2D eigenvalue weighted by Crippen LogP contribution is -2.48. The normalized spacial score (nSPS) is 18.1. The SMILES string of the molecule is CC(C)(C)OC(=O)N1CCC(F)(C(CC(=O)O)c2ccc(Cl)cc2Cl)CC1. The van der Waals surface area contributed by atoms with Crippen LogP contribution in [-0.4, -0.2) is 46.4 Å². The zero-order chi connectivity index (χ0) is 20.4. The van der Waals surface area contributed by atoms with Crippen LogP contribution in [-0.2, 0) is 9.53 Å². The molecule has 1 unspecified atom stereocenters. The molecule has 0 saturated carbocycles. The molecule has 1 aromatic rings. The van der Waals surface area contributed by atoms with Crippen molar-refractivity contribution in [3.8, 4) is 0 Å². The lowest BCUT2D eigenvalue weighted by atomic mass is 9.75. The standard InChI is InChI=1S/C19H24Cl2FNO4/c1-18(2,3)27-17(26)23-8-6-19(22,7-9-23)14(11-16(24)25)13-5-4-12(20)10-15(13)21/h4-5,10,14H,6-9,11H2,1-3H3,(H,24,25). The first kappa shape index (κ1) is 21.8. The van der Waals surface area contributed by atoms with Crippen LogP contribution in [0.25, 0.3) is 0 Å². The number of hydrogen-bond acceptors (Lipinski definition) is 3. The molecular formula is C19H24Cl2FNO4. The summed E-state index contributed by atoms with van der Waals surface area (Å²) in [6.07, 6.45) is -0.889. The number of halogens is 3. The molecule has 1 fully saturated rings. The number of alkyl halides is 1. The van der Waals surface area contributed by atoms with Crippen molar-refractivity contribution >= 4 is 35.3 Å². The van der Waals surface area contributed by atoms with Gasteiger partial charge in [0.2, 0.25) is 0 Å². The number of amides is 1. The Morgan fingerprint density at radius 3 is 2.37 bits per heavy atom. The summed E-state index contributed by atoms with van der Waals surface area (Å²) < 4.78 is 21.1. The summed E-state index contributed by atoms with van der Waals surface area (Å²) in [6, 6.07) is 4.61. The quantitative estimate of drug-likeness (QED) is 0.719. The topological polar surface area (TPSA) is 66.8 Å². The van der Waals surface area contributed by atoms with Gasteiger partial charge in [0, 0.05) is 29.1 Å². The van der Waals surface area contributed by atoms with Crippen molar-refractivity contribution in [2.45, 2.75) is 57.2 Å². The van der Waals surface area contributed by atoms with Gasteiger partial charge < -0.3 is 14.7 Å². The van der Waals surface area contributed by atoms with Gasteiger partial charge in [-0.25, -0.2) is 9.18 Å². The van der Waals surface area contributed by atoms with E-state index in [1.165, 1.54) is 11.0 Å². The predicted molar refractivity (Wildman–Crippen MR) is 102 cm³/mol. The molecular weight excluding hydrogens is 396 g/mol. The van der Waals surface area contributed by atoms with Crippen LogP contribution in [0.4, 0.5) is 9.18 Å². The molecule has 27 heavy (non-hydrogen) atoms. The summed E-state index contributed by atoms with van der Waals surface area (Å²) in [7, 11) is 0. The molecule has 2 rings (SSSR count). The lowest BCUT2D eigenvalue weighted by molar-refractivity contribution is -0.138. The van der Waals surface area contributed by atoms with Gasteiger partial charge in [0.15, 0.2) is 0 Å². The molecule has 0 aromatic heterocycles. The van der Waals surface area contributed by atoms with Crippen LogP contribution in [0.2, 0.25) is 10.0 Å². The number of aliphatic carboxylic acids is 1. The lowest BCUT2D eigenvalue weighted by Gasteiger charge is -2.41. The third kappa shape index (κ3) is 5.72. The summed E-state index contributed by atoms with van der Waals surface area (Å²) in [5.41, 5.74) is -2.02. The highest BCUT2D eigenvalue weighted by Crippen LogP contribution is 2.45. The van der Waals surface area contributed by atoms with Crippen molar-refractivity contribution in [1.29, 1.82) is 0 Å². The van der Waals surface area contributed by atoms with Crippen molar-refractivity contribution in [1.82, 2.24) is 4.90 Å². The molecule has 0 bridgehead atoms. The highest BCUT2D eigenvalue weighted by molar-refractivity contribution is 6.35. The van der Waals surface area contributed by atoms with Crippen molar-refractivity contribution in [3.63, 3.8) is 0 Å². The average Bonchev–Trinajstić information content (AvgIpc) is 2.52. The van der Waals surface area contributed by atoms with Gasteiger partial charge in [0.1, 0.15) is 11.3 Å². The van der Waals surface area contributed by atoms with Gasteiger partial charge in [0.25, 0.3) is 0 Å². The monoisotopic (exact) mass is 419 g/mol. The smallest absolute Gasteiger partial charge is 0.410 e. The van der Waals surface area contributed by atoms with E-state index in [4.69, 9.17) is 27.9 Å². The zero-order valence-electron chi connectivity index (χ0n) is 15.6. The molecule has 8 heteroatoms. The summed E-state index contributed by atoms with van der Waals surface area (Å²) in [6.45, 7) is 5.58.